The number of benzene rings is 1. The number of rotatable bonds is 6. The maximum absolute atomic E-state index is 12.2. The van der Waals surface area contributed by atoms with Crippen LogP contribution in [0.3, 0.4) is 0 Å². The first-order chi connectivity index (χ1) is 8.70. The Kier molecular flexibility index (Phi) is 4.37. The lowest BCUT2D eigenvalue weighted by atomic mass is 10.0. The molecule has 0 bridgehead atoms. The molecule has 3 nitrogen and oxygen atoms in total. The SMILES string of the molecule is CCN(CC1CC1)C(=O)CC(N)c1ccccc1. The second-order valence-corrected chi connectivity index (χ2v) is 5.10. The maximum Gasteiger partial charge on any atom is 0.224 e. The normalized spacial score (nSPS) is 16.3. The molecule has 0 spiro atoms. The average molecular weight is 246 g/mol. The number of amides is 1. The molecule has 1 saturated carbocycles. The Bertz CT molecular complexity index is 387. The van der Waals surface area contributed by atoms with Gasteiger partial charge in [0.2, 0.25) is 5.91 Å². The van der Waals surface area contributed by atoms with E-state index in [0.29, 0.717) is 6.42 Å². The summed E-state index contributed by atoms with van der Waals surface area (Å²) in [4.78, 5) is 14.1. The van der Waals surface area contributed by atoms with Crippen molar-refractivity contribution in [2.24, 2.45) is 11.7 Å². The fraction of sp³-hybridized carbons (Fsp3) is 0.533. The van der Waals surface area contributed by atoms with Crippen LogP contribution in [0.2, 0.25) is 0 Å². The van der Waals surface area contributed by atoms with E-state index in [2.05, 4.69) is 0 Å². The van der Waals surface area contributed by atoms with Gasteiger partial charge in [-0.1, -0.05) is 30.3 Å². The molecule has 0 radical (unpaired) electrons. The monoisotopic (exact) mass is 246 g/mol. The summed E-state index contributed by atoms with van der Waals surface area (Å²) in [7, 11) is 0. The second-order valence-electron chi connectivity index (χ2n) is 5.10. The Morgan fingerprint density at radius 2 is 2.06 bits per heavy atom. The van der Waals surface area contributed by atoms with Gasteiger partial charge in [0.05, 0.1) is 0 Å². The zero-order valence-electron chi connectivity index (χ0n) is 11.0. The van der Waals surface area contributed by atoms with E-state index in [4.69, 9.17) is 5.73 Å². The Morgan fingerprint density at radius 1 is 1.39 bits per heavy atom. The minimum atomic E-state index is -0.188. The molecule has 2 N–H and O–H groups in total. The summed E-state index contributed by atoms with van der Waals surface area (Å²) >= 11 is 0. The Balaban J connectivity index is 1.88. The van der Waals surface area contributed by atoms with Crippen molar-refractivity contribution in [1.29, 1.82) is 0 Å². The molecule has 1 aliphatic carbocycles. The van der Waals surface area contributed by atoms with Gasteiger partial charge in [-0.3, -0.25) is 4.79 Å². The summed E-state index contributed by atoms with van der Waals surface area (Å²) < 4.78 is 0. The van der Waals surface area contributed by atoms with Gasteiger partial charge in [0.15, 0.2) is 0 Å². The standard InChI is InChI=1S/C15H22N2O/c1-2-17(11-12-8-9-12)15(18)10-14(16)13-6-4-3-5-7-13/h3-7,12,14H,2,8-11,16H2,1H3. The number of carbonyl (C=O) groups excluding carboxylic acids is 1. The Labute approximate surface area is 109 Å². The zero-order chi connectivity index (χ0) is 13.0. The number of hydrogen-bond donors (Lipinski definition) is 1. The van der Waals surface area contributed by atoms with Gasteiger partial charge >= 0.3 is 0 Å². The molecule has 1 atom stereocenters. The van der Waals surface area contributed by atoms with Gasteiger partial charge in [-0.05, 0) is 31.2 Å². The van der Waals surface area contributed by atoms with Crippen molar-refractivity contribution >= 4 is 5.91 Å². The van der Waals surface area contributed by atoms with E-state index in [1.54, 1.807) is 0 Å². The second kappa shape index (κ2) is 6.01. The summed E-state index contributed by atoms with van der Waals surface area (Å²) in [6.07, 6.45) is 2.95. The van der Waals surface area contributed by atoms with Gasteiger partial charge in [-0.2, -0.15) is 0 Å². The predicted octanol–water partition coefficient (Wildman–Crippen LogP) is 2.34. The van der Waals surface area contributed by atoms with E-state index in [1.165, 1.54) is 12.8 Å². The van der Waals surface area contributed by atoms with Gasteiger partial charge in [0, 0.05) is 25.6 Å². The van der Waals surface area contributed by atoms with E-state index in [0.717, 1.165) is 24.6 Å². The lowest BCUT2D eigenvalue weighted by Gasteiger charge is -2.22. The molecule has 18 heavy (non-hydrogen) atoms. The molecule has 1 aromatic rings. The minimum Gasteiger partial charge on any atom is -0.343 e. The molecule has 0 aromatic heterocycles. The fourth-order valence-electron chi connectivity index (χ4n) is 2.15. The maximum atomic E-state index is 12.2. The Hall–Kier alpha value is -1.35. The molecular weight excluding hydrogens is 224 g/mol. The van der Waals surface area contributed by atoms with Crippen molar-refractivity contribution in [2.75, 3.05) is 13.1 Å². The highest BCUT2D eigenvalue weighted by atomic mass is 16.2. The first kappa shape index (κ1) is 13.1. The highest BCUT2D eigenvalue weighted by Gasteiger charge is 2.26. The van der Waals surface area contributed by atoms with Gasteiger partial charge in [-0.25, -0.2) is 0 Å². The smallest absolute Gasteiger partial charge is 0.224 e. The number of hydrogen-bond acceptors (Lipinski definition) is 2. The van der Waals surface area contributed by atoms with Crippen LogP contribution in [0, 0.1) is 5.92 Å². The van der Waals surface area contributed by atoms with Gasteiger partial charge in [-0.15, -0.1) is 0 Å². The molecule has 1 amide bonds. The van der Waals surface area contributed by atoms with Crippen LogP contribution < -0.4 is 5.73 Å². The summed E-state index contributed by atoms with van der Waals surface area (Å²) in [5, 5.41) is 0. The first-order valence-electron chi connectivity index (χ1n) is 6.79. The van der Waals surface area contributed by atoms with E-state index >= 15 is 0 Å². The summed E-state index contributed by atoms with van der Waals surface area (Å²) in [6.45, 7) is 3.74. The average Bonchev–Trinajstić information content (AvgIpc) is 3.20. The van der Waals surface area contributed by atoms with Crippen molar-refractivity contribution in [2.45, 2.75) is 32.2 Å². The van der Waals surface area contributed by atoms with Crippen LogP contribution in [0.15, 0.2) is 30.3 Å². The highest BCUT2D eigenvalue weighted by Crippen LogP contribution is 2.30. The molecule has 1 unspecified atom stereocenters. The van der Waals surface area contributed by atoms with Crippen molar-refractivity contribution in [3.63, 3.8) is 0 Å². The molecule has 98 valence electrons. The van der Waals surface area contributed by atoms with E-state index < -0.39 is 0 Å². The third-order valence-electron chi connectivity index (χ3n) is 3.53. The van der Waals surface area contributed by atoms with Crippen molar-refractivity contribution in [1.82, 2.24) is 4.90 Å². The summed E-state index contributed by atoms with van der Waals surface area (Å²) in [5.41, 5.74) is 7.12. The topological polar surface area (TPSA) is 46.3 Å². The van der Waals surface area contributed by atoms with Crippen molar-refractivity contribution in [3.8, 4) is 0 Å². The van der Waals surface area contributed by atoms with Gasteiger partial charge in [0.1, 0.15) is 0 Å². The van der Waals surface area contributed by atoms with E-state index in [1.807, 2.05) is 42.2 Å². The van der Waals surface area contributed by atoms with Crippen molar-refractivity contribution < 1.29 is 4.79 Å². The largest absolute Gasteiger partial charge is 0.343 e. The summed E-state index contributed by atoms with van der Waals surface area (Å²) in [6, 6.07) is 9.66. The molecule has 1 aromatic carbocycles. The lowest BCUT2D eigenvalue weighted by Crippen LogP contribution is -2.34. The number of nitrogens with zero attached hydrogens (tertiary/aromatic N) is 1. The van der Waals surface area contributed by atoms with Crippen molar-refractivity contribution in [3.05, 3.63) is 35.9 Å². The van der Waals surface area contributed by atoms with E-state index in [9.17, 15) is 4.79 Å². The quantitative estimate of drug-likeness (QED) is 0.837. The van der Waals surface area contributed by atoms with Crippen LogP contribution in [-0.4, -0.2) is 23.9 Å². The zero-order valence-corrected chi connectivity index (χ0v) is 11.0. The first-order valence-corrected chi connectivity index (χ1v) is 6.79. The Morgan fingerprint density at radius 3 is 2.61 bits per heavy atom. The minimum absolute atomic E-state index is 0.181. The van der Waals surface area contributed by atoms with Crippen LogP contribution in [0.4, 0.5) is 0 Å². The van der Waals surface area contributed by atoms with Crippen LogP contribution >= 0.6 is 0 Å². The number of carbonyl (C=O) groups is 1. The predicted molar refractivity (Wildman–Crippen MR) is 73.0 cm³/mol. The molecule has 1 aliphatic rings. The fourth-order valence-corrected chi connectivity index (χ4v) is 2.15. The molecular formula is C15H22N2O. The van der Waals surface area contributed by atoms with Crippen LogP contribution in [0.5, 0.6) is 0 Å². The molecule has 0 heterocycles. The molecule has 2 rings (SSSR count). The highest BCUT2D eigenvalue weighted by molar-refractivity contribution is 5.77. The van der Waals surface area contributed by atoms with Gasteiger partial charge in [0.25, 0.3) is 0 Å². The molecule has 0 aliphatic heterocycles. The molecule has 0 saturated heterocycles. The third-order valence-corrected chi connectivity index (χ3v) is 3.53. The van der Waals surface area contributed by atoms with Crippen LogP contribution in [0.1, 0.15) is 37.8 Å². The van der Waals surface area contributed by atoms with E-state index in [-0.39, 0.29) is 11.9 Å². The lowest BCUT2D eigenvalue weighted by molar-refractivity contribution is -0.131. The third kappa shape index (κ3) is 3.57. The molecule has 3 heteroatoms. The van der Waals surface area contributed by atoms with Crippen LogP contribution in [-0.2, 0) is 4.79 Å². The molecule has 1 fully saturated rings. The van der Waals surface area contributed by atoms with Crippen LogP contribution in [0.25, 0.3) is 0 Å². The van der Waals surface area contributed by atoms with Gasteiger partial charge < -0.3 is 10.6 Å². The summed E-state index contributed by atoms with van der Waals surface area (Å²) in [5.74, 6) is 0.919. The number of nitrogens with two attached hydrogens (primary N) is 1.